The molecule has 4 aliphatic rings. The maximum absolute atomic E-state index is 12.4. The van der Waals surface area contributed by atoms with Gasteiger partial charge in [-0.3, -0.25) is 35.5 Å². The van der Waals surface area contributed by atoms with Gasteiger partial charge in [-0.1, -0.05) is 77.0 Å². The number of methoxy groups -OCH3 is 1. The van der Waals surface area contributed by atoms with Crippen molar-refractivity contribution in [3.8, 4) is 11.5 Å². The summed E-state index contributed by atoms with van der Waals surface area (Å²) < 4.78 is 115. The molecule has 0 bridgehead atoms. The van der Waals surface area contributed by atoms with Crippen LogP contribution in [-0.4, -0.2) is 132 Å². The van der Waals surface area contributed by atoms with Crippen molar-refractivity contribution >= 4 is 103 Å². The minimum atomic E-state index is -3.68. The Bertz CT molecular complexity index is 3820. The molecule has 5 aromatic rings. The van der Waals surface area contributed by atoms with Gasteiger partial charge in [0.25, 0.3) is 11.8 Å². The number of benzene rings is 4. The van der Waals surface area contributed by atoms with Gasteiger partial charge >= 0.3 is 5.97 Å². The highest BCUT2D eigenvalue weighted by atomic mass is 35.5. The molecule has 4 aromatic carbocycles. The highest BCUT2D eigenvalue weighted by Crippen LogP contribution is 2.34. The average molecular weight is 1450 g/mol. The van der Waals surface area contributed by atoms with Gasteiger partial charge < -0.3 is 30.4 Å². The summed E-state index contributed by atoms with van der Waals surface area (Å²) in [6.45, 7) is 4.27. The Kier molecular flexibility index (Phi) is 32.1. The Morgan fingerprint density at radius 3 is 1.08 bits per heavy atom. The molecule has 13 N–H and O–H groups in total. The summed E-state index contributed by atoms with van der Waals surface area (Å²) in [6, 6.07) is 19.4. The van der Waals surface area contributed by atoms with Crippen LogP contribution in [0.3, 0.4) is 0 Å². The number of aromatic nitrogens is 2. The third-order valence-corrected chi connectivity index (χ3v) is 21.9. The Morgan fingerprint density at radius 1 is 0.464 bits per heavy atom. The van der Waals surface area contributed by atoms with Gasteiger partial charge in [-0.05, 0) is 164 Å². The molecule has 4 fully saturated rings. The summed E-state index contributed by atoms with van der Waals surface area (Å²) in [5, 5.41) is 21.1. The lowest BCUT2D eigenvalue weighted by Crippen LogP contribution is -2.40. The molecular formula is C63H93ClN14O15S4. The topological polar surface area (TPSA) is 428 Å². The van der Waals surface area contributed by atoms with Crippen molar-refractivity contribution in [1.29, 1.82) is 0 Å². The molecule has 9 rings (SSSR count). The first-order chi connectivity index (χ1) is 46.0. The Labute approximate surface area is 574 Å². The first-order valence-electron chi connectivity index (χ1n) is 32.0. The van der Waals surface area contributed by atoms with Gasteiger partial charge in [0.2, 0.25) is 63.0 Å². The van der Waals surface area contributed by atoms with Gasteiger partial charge in [-0.25, -0.2) is 63.2 Å². The molecule has 0 aliphatic heterocycles. The van der Waals surface area contributed by atoms with Crippen molar-refractivity contribution in [2.24, 2.45) is 5.84 Å². The van der Waals surface area contributed by atoms with Gasteiger partial charge in [-0.2, -0.15) is 0 Å². The van der Waals surface area contributed by atoms with Gasteiger partial charge in [0.1, 0.15) is 0 Å². The summed E-state index contributed by atoms with van der Waals surface area (Å²) in [6.07, 6.45) is 22.7. The summed E-state index contributed by atoms with van der Waals surface area (Å²) in [4.78, 5) is 56.8. The lowest BCUT2D eigenvalue weighted by molar-refractivity contribution is -0.119. The number of hydrogen-bond donors (Lipinski definition) is 12. The first kappa shape index (κ1) is 80.3. The van der Waals surface area contributed by atoms with Gasteiger partial charge in [0.05, 0.1) is 48.9 Å². The first-order valence-corrected chi connectivity index (χ1v) is 38.3. The van der Waals surface area contributed by atoms with Crippen molar-refractivity contribution in [1.82, 2.24) is 45.4 Å². The second-order valence-corrected chi connectivity index (χ2v) is 31.4. The number of rotatable bonds is 20. The third-order valence-electron chi connectivity index (χ3n) is 16.3. The fourth-order valence-corrected chi connectivity index (χ4v) is 14.2. The van der Waals surface area contributed by atoms with Crippen LogP contribution in [0.4, 0.5) is 22.7 Å². The van der Waals surface area contributed by atoms with E-state index in [-0.39, 0.29) is 47.6 Å². The van der Waals surface area contributed by atoms with Gasteiger partial charge in [0.15, 0.2) is 0 Å². The number of nitrogens with one attached hydrogen (secondary N) is 11. The maximum Gasteiger partial charge on any atom is 0.340 e. The number of carbonyl (C=O) groups is 5. The standard InChI is InChI=1S/C16H24N4O4S.C16H22N4O3S.C15H22N2O4S.C14H22N4O3S.C2H3ClO/c1-11(21)19-20-16(22)14-10-13(25(23,24)17-2)8-9-15(14)18-12-6-4-3-5-7-12;1-11-19-20-16(23-11)14-10-13(24(21,22)17-2)8-9-15(14)18-12-6-4-3-5-7-12;1-16-22(19,20)12-8-9-14(13(10-12)15(18)21-2)17-11-6-4-3-5-7-11;1-16-22(20,21)11-7-8-13(12(9-11)14(19)18-15)17-10-5-3-2-4-6-10;1-2(3)4/h8-10,12,17-18H,3-7H2,1-2H3,(H,19,21)(H,20,22);8-10,12,17-18H,3-7H2,1-2H3;8-11,16-17H,3-7H2,1-2H3;7-10,16-17H,2-6,15H2,1H3,(H,18,19);1H3. The number of nitrogens with two attached hydrogens (primary N) is 1. The van der Waals surface area contributed by atoms with Crippen LogP contribution in [-0.2, 0) is 54.4 Å². The van der Waals surface area contributed by atoms with Crippen LogP contribution in [0.15, 0.2) is 96.8 Å². The molecule has 4 aliphatic carbocycles. The zero-order valence-electron chi connectivity index (χ0n) is 56.0. The fourth-order valence-electron chi connectivity index (χ4n) is 11.1. The van der Waals surface area contributed by atoms with Crippen LogP contribution in [0.1, 0.15) is 179 Å². The zero-order valence-corrected chi connectivity index (χ0v) is 60.0. The number of amides is 3. The Balaban J connectivity index is 0.000000229. The molecular weight excluding hydrogens is 1360 g/mol. The lowest BCUT2D eigenvalue weighted by atomic mass is 9.95. The molecule has 536 valence electrons. The number of halogens is 1. The van der Waals surface area contributed by atoms with Crippen molar-refractivity contribution in [2.75, 3.05) is 56.6 Å². The number of nitrogens with zero attached hydrogens (tertiary/aromatic N) is 2. The van der Waals surface area contributed by atoms with Gasteiger partial charge in [-0.15, -0.1) is 10.2 Å². The number of hydrogen-bond acceptors (Lipinski definition) is 22. The lowest BCUT2D eigenvalue weighted by Gasteiger charge is -2.25. The van der Waals surface area contributed by atoms with E-state index >= 15 is 0 Å². The molecule has 3 amide bonds. The average Bonchev–Trinajstić information content (AvgIpc) is 1.73. The number of sulfonamides is 4. The summed E-state index contributed by atoms with van der Waals surface area (Å²) in [7, 11) is -7.79. The SMILES string of the molecule is CC(=O)Cl.CNS(=O)(=O)c1ccc(NC2CCCCC2)c(-c2nnc(C)o2)c1.CNS(=O)(=O)c1ccc(NC2CCCCC2)c(C(=O)NN)c1.CNS(=O)(=O)c1ccc(NC2CCCCC2)c(C(=O)NNC(C)=O)c1.CNS(=O)(=O)c1ccc(NC2CCCCC2)c(C(=O)OC)c1. The summed E-state index contributed by atoms with van der Waals surface area (Å²) >= 11 is 4.64. The highest BCUT2D eigenvalue weighted by Gasteiger charge is 2.26. The summed E-state index contributed by atoms with van der Waals surface area (Å²) in [5.41, 5.74) is 10.4. The number of aryl methyl sites for hydroxylation is 1. The predicted molar refractivity (Wildman–Crippen MR) is 372 cm³/mol. The van der Waals surface area contributed by atoms with Crippen molar-refractivity contribution in [3.05, 3.63) is 95.4 Å². The molecule has 0 spiro atoms. The van der Waals surface area contributed by atoms with Crippen molar-refractivity contribution in [2.45, 2.75) is 193 Å². The van der Waals surface area contributed by atoms with Crippen LogP contribution >= 0.6 is 11.6 Å². The van der Waals surface area contributed by atoms with E-state index in [1.54, 1.807) is 43.3 Å². The number of ether oxygens (including phenoxy) is 1. The van der Waals surface area contributed by atoms with Crippen LogP contribution < -0.4 is 62.3 Å². The minimum absolute atomic E-state index is 0.0165. The molecule has 29 nitrogen and oxygen atoms in total. The number of anilines is 4. The van der Waals surface area contributed by atoms with Crippen LogP contribution in [0, 0.1) is 6.92 Å². The quantitative estimate of drug-likeness (QED) is 0.0117. The number of carbonyl (C=O) groups excluding carboxylic acids is 5. The minimum Gasteiger partial charge on any atom is -0.465 e. The van der Waals surface area contributed by atoms with E-state index in [1.165, 1.54) is 124 Å². The molecule has 0 atom stereocenters. The van der Waals surface area contributed by atoms with E-state index in [4.69, 9.17) is 15.0 Å². The monoisotopic (exact) mass is 1450 g/mol. The maximum atomic E-state index is 12.4. The largest absolute Gasteiger partial charge is 0.465 e. The Hall–Kier alpha value is -7.34. The fraction of sp³-hybridized carbons (Fsp3) is 0.508. The van der Waals surface area contributed by atoms with E-state index < -0.39 is 63.8 Å². The molecule has 0 radical (unpaired) electrons. The zero-order chi connectivity index (χ0) is 71.5. The van der Waals surface area contributed by atoms with E-state index in [0.717, 1.165) is 95.6 Å². The Morgan fingerprint density at radius 2 is 0.773 bits per heavy atom. The van der Waals surface area contributed by atoms with Crippen LogP contribution in [0.25, 0.3) is 11.5 Å². The van der Waals surface area contributed by atoms with E-state index in [2.05, 4.69) is 78.2 Å². The third kappa shape index (κ3) is 25.2. The second kappa shape index (κ2) is 38.7. The number of hydrazine groups is 2. The molecule has 4 saturated carbocycles. The molecule has 1 heterocycles. The number of nitrogen functional groups attached to an aromatic ring is 1. The molecule has 0 unspecified atom stereocenters. The van der Waals surface area contributed by atoms with E-state index in [1.807, 2.05) is 0 Å². The molecule has 1 aromatic heterocycles. The van der Waals surface area contributed by atoms with Crippen LogP contribution in [0.2, 0.25) is 0 Å². The smallest absolute Gasteiger partial charge is 0.340 e. The summed E-state index contributed by atoms with van der Waals surface area (Å²) in [5.74, 6) is 3.89. The molecule has 34 heteroatoms. The molecule has 97 heavy (non-hydrogen) atoms. The van der Waals surface area contributed by atoms with Crippen molar-refractivity contribution < 1.29 is 66.8 Å². The normalized spacial score (nSPS) is 15.6. The van der Waals surface area contributed by atoms with E-state index in [9.17, 15) is 57.6 Å². The number of esters is 1. The second-order valence-electron chi connectivity index (χ2n) is 23.3. The predicted octanol–water partition coefficient (Wildman–Crippen LogP) is 7.66. The highest BCUT2D eigenvalue weighted by molar-refractivity contribution is 7.90. The van der Waals surface area contributed by atoms with Crippen LogP contribution in [0.5, 0.6) is 0 Å². The molecule has 0 saturated heterocycles. The van der Waals surface area contributed by atoms with E-state index in [0.29, 0.717) is 52.5 Å². The van der Waals surface area contributed by atoms with Crippen molar-refractivity contribution in [3.63, 3.8) is 0 Å². The van der Waals surface area contributed by atoms with Gasteiger partial charge in [0, 0.05) is 67.7 Å².